The lowest BCUT2D eigenvalue weighted by atomic mass is 10.2. The van der Waals surface area contributed by atoms with Gasteiger partial charge in [-0.3, -0.25) is 0 Å². The monoisotopic (exact) mass is 297 g/mol. The first-order valence-electron chi connectivity index (χ1n) is 7.07. The Labute approximate surface area is 124 Å². The van der Waals surface area contributed by atoms with Gasteiger partial charge in [0.05, 0.1) is 0 Å². The van der Waals surface area contributed by atoms with Crippen molar-refractivity contribution in [3.05, 3.63) is 28.8 Å². The van der Waals surface area contributed by atoms with Crippen LogP contribution in [0.3, 0.4) is 0 Å². The minimum atomic E-state index is 0.681. The van der Waals surface area contributed by atoms with Crippen LogP contribution in [0, 0.1) is 0 Å². The second-order valence-corrected chi connectivity index (χ2v) is 7.12. The predicted octanol–water partition coefficient (Wildman–Crippen LogP) is 3.86. The van der Waals surface area contributed by atoms with Crippen LogP contribution in [0.1, 0.15) is 31.2 Å². The first-order valence-corrected chi connectivity index (χ1v) is 8.33. The van der Waals surface area contributed by atoms with Gasteiger partial charge in [-0.05, 0) is 43.4 Å². The molecule has 1 aliphatic heterocycles. The van der Waals surface area contributed by atoms with Crippen molar-refractivity contribution in [1.29, 1.82) is 0 Å². The van der Waals surface area contributed by atoms with Gasteiger partial charge in [0.2, 0.25) is 0 Å². The van der Waals surface area contributed by atoms with E-state index in [1.807, 2.05) is 11.8 Å². The summed E-state index contributed by atoms with van der Waals surface area (Å²) >= 11 is 8.31. The van der Waals surface area contributed by atoms with Gasteiger partial charge in [0, 0.05) is 41.0 Å². The number of halogens is 1. The first-order chi connectivity index (χ1) is 9.31. The van der Waals surface area contributed by atoms with Crippen molar-refractivity contribution in [2.45, 2.75) is 48.4 Å². The van der Waals surface area contributed by atoms with Crippen LogP contribution in [0.15, 0.2) is 23.1 Å². The Kier molecular flexibility index (Phi) is 4.69. The van der Waals surface area contributed by atoms with Crippen LogP contribution in [0.25, 0.3) is 0 Å². The third kappa shape index (κ3) is 4.12. The number of benzene rings is 1. The van der Waals surface area contributed by atoms with E-state index in [0.29, 0.717) is 5.25 Å². The van der Waals surface area contributed by atoms with Crippen molar-refractivity contribution in [2.24, 2.45) is 0 Å². The van der Waals surface area contributed by atoms with Gasteiger partial charge in [0.15, 0.2) is 0 Å². The van der Waals surface area contributed by atoms with Crippen molar-refractivity contribution in [3.8, 4) is 0 Å². The molecule has 3 rings (SSSR count). The topological polar surface area (TPSA) is 21.3 Å². The van der Waals surface area contributed by atoms with E-state index in [1.54, 1.807) is 0 Å². The average molecular weight is 298 g/mol. The van der Waals surface area contributed by atoms with Crippen LogP contribution in [-0.4, -0.2) is 24.5 Å². The van der Waals surface area contributed by atoms with Gasteiger partial charge in [0.25, 0.3) is 0 Å². The van der Waals surface area contributed by atoms with Crippen molar-refractivity contribution in [1.82, 2.24) is 5.32 Å². The van der Waals surface area contributed by atoms with Crippen molar-refractivity contribution in [3.63, 3.8) is 0 Å². The lowest BCUT2D eigenvalue weighted by Gasteiger charge is -2.21. The molecule has 1 aromatic carbocycles. The highest BCUT2D eigenvalue weighted by atomic mass is 35.5. The summed E-state index contributed by atoms with van der Waals surface area (Å²) in [4.78, 5) is 1.28. The third-order valence-electron chi connectivity index (χ3n) is 3.65. The summed E-state index contributed by atoms with van der Waals surface area (Å²) in [7, 11) is 0. The van der Waals surface area contributed by atoms with Crippen molar-refractivity contribution < 1.29 is 4.74 Å². The highest BCUT2D eigenvalue weighted by Crippen LogP contribution is 2.32. The first kappa shape index (κ1) is 13.7. The van der Waals surface area contributed by atoms with Crippen LogP contribution < -0.4 is 5.32 Å². The smallest absolute Gasteiger partial charge is 0.0476 e. The highest BCUT2D eigenvalue weighted by Gasteiger charge is 2.20. The van der Waals surface area contributed by atoms with Crippen LogP contribution >= 0.6 is 23.4 Å². The molecule has 1 aromatic rings. The summed E-state index contributed by atoms with van der Waals surface area (Å²) in [5, 5.41) is 5.08. The summed E-state index contributed by atoms with van der Waals surface area (Å²) in [5.74, 6) is 0. The van der Waals surface area contributed by atoms with Crippen LogP contribution in [-0.2, 0) is 11.3 Å². The molecule has 0 spiro atoms. The summed E-state index contributed by atoms with van der Waals surface area (Å²) in [6, 6.07) is 7.22. The molecule has 0 atom stereocenters. The molecule has 1 N–H and O–H groups in total. The molecule has 0 radical (unpaired) electrons. The van der Waals surface area contributed by atoms with E-state index in [9.17, 15) is 0 Å². The van der Waals surface area contributed by atoms with E-state index in [0.717, 1.165) is 43.7 Å². The van der Waals surface area contributed by atoms with E-state index in [4.69, 9.17) is 16.3 Å². The fraction of sp³-hybridized carbons (Fsp3) is 0.600. The Bertz CT molecular complexity index is 430. The second kappa shape index (κ2) is 6.49. The average Bonchev–Trinajstić information content (AvgIpc) is 3.23. The number of hydrogen-bond donors (Lipinski definition) is 1. The molecule has 1 saturated carbocycles. The number of nitrogens with one attached hydrogen (secondary N) is 1. The van der Waals surface area contributed by atoms with E-state index < -0.39 is 0 Å². The van der Waals surface area contributed by atoms with Gasteiger partial charge < -0.3 is 10.1 Å². The molecule has 0 bridgehead atoms. The van der Waals surface area contributed by atoms with Crippen LogP contribution in [0.4, 0.5) is 0 Å². The molecule has 0 amide bonds. The Morgan fingerprint density at radius 2 is 2.00 bits per heavy atom. The maximum Gasteiger partial charge on any atom is 0.0476 e. The zero-order valence-electron chi connectivity index (χ0n) is 11.0. The van der Waals surface area contributed by atoms with E-state index in [-0.39, 0.29) is 0 Å². The fourth-order valence-electron chi connectivity index (χ4n) is 2.27. The van der Waals surface area contributed by atoms with Gasteiger partial charge in [-0.15, -0.1) is 11.8 Å². The number of ether oxygens (including phenoxy) is 1. The standard InChI is InChI=1S/C15H20ClNOS/c16-15-9-14(19-13-5-7-18-8-6-13)4-1-11(15)10-17-12-2-3-12/h1,4,9,12-13,17H,2-3,5-8,10H2. The molecule has 4 heteroatoms. The van der Waals surface area contributed by atoms with E-state index >= 15 is 0 Å². The molecule has 2 nitrogen and oxygen atoms in total. The largest absolute Gasteiger partial charge is 0.381 e. The minimum Gasteiger partial charge on any atom is -0.381 e. The molecule has 1 saturated heterocycles. The molecule has 19 heavy (non-hydrogen) atoms. The number of rotatable bonds is 5. The summed E-state index contributed by atoms with van der Waals surface area (Å²) in [5.41, 5.74) is 1.21. The molecule has 0 unspecified atom stereocenters. The number of hydrogen-bond acceptors (Lipinski definition) is 3. The van der Waals surface area contributed by atoms with Gasteiger partial charge in [-0.1, -0.05) is 17.7 Å². The van der Waals surface area contributed by atoms with Gasteiger partial charge in [-0.25, -0.2) is 0 Å². The predicted molar refractivity (Wildman–Crippen MR) is 81.0 cm³/mol. The van der Waals surface area contributed by atoms with E-state index in [1.165, 1.54) is 23.3 Å². The molecule has 1 heterocycles. The van der Waals surface area contributed by atoms with Crippen molar-refractivity contribution >= 4 is 23.4 Å². The Balaban J connectivity index is 1.57. The molecule has 1 aliphatic carbocycles. The fourth-order valence-corrected chi connectivity index (χ4v) is 3.73. The maximum absolute atomic E-state index is 6.37. The van der Waals surface area contributed by atoms with Crippen LogP contribution in [0.2, 0.25) is 5.02 Å². The number of thioether (sulfide) groups is 1. The molecule has 2 aliphatic rings. The second-order valence-electron chi connectivity index (χ2n) is 5.34. The Hall–Kier alpha value is -0.220. The zero-order chi connectivity index (χ0) is 13.1. The van der Waals surface area contributed by atoms with Crippen LogP contribution in [0.5, 0.6) is 0 Å². The zero-order valence-corrected chi connectivity index (χ0v) is 12.6. The summed E-state index contributed by atoms with van der Waals surface area (Å²) in [6.45, 7) is 2.69. The summed E-state index contributed by atoms with van der Waals surface area (Å²) in [6.07, 6.45) is 4.92. The molecule has 2 fully saturated rings. The maximum atomic E-state index is 6.37. The lowest BCUT2D eigenvalue weighted by Crippen LogP contribution is -2.17. The Morgan fingerprint density at radius 3 is 2.68 bits per heavy atom. The van der Waals surface area contributed by atoms with E-state index in [2.05, 4.69) is 23.5 Å². The SMILES string of the molecule is Clc1cc(SC2CCOCC2)ccc1CNC1CC1. The molecular formula is C15H20ClNOS. The molecule has 0 aromatic heterocycles. The van der Waals surface area contributed by atoms with Crippen molar-refractivity contribution in [2.75, 3.05) is 13.2 Å². The molecular weight excluding hydrogens is 278 g/mol. The quantitative estimate of drug-likeness (QED) is 0.891. The lowest BCUT2D eigenvalue weighted by molar-refractivity contribution is 0.100. The molecule has 104 valence electrons. The Morgan fingerprint density at radius 1 is 1.21 bits per heavy atom. The highest BCUT2D eigenvalue weighted by molar-refractivity contribution is 8.00. The van der Waals surface area contributed by atoms with Gasteiger partial charge >= 0.3 is 0 Å². The normalized spacial score (nSPS) is 20.7. The van der Waals surface area contributed by atoms with Gasteiger partial charge in [-0.2, -0.15) is 0 Å². The van der Waals surface area contributed by atoms with Gasteiger partial charge in [0.1, 0.15) is 0 Å². The third-order valence-corrected chi connectivity index (χ3v) is 5.34. The minimum absolute atomic E-state index is 0.681. The summed E-state index contributed by atoms with van der Waals surface area (Å²) < 4.78 is 5.39.